The summed E-state index contributed by atoms with van der Waals surface area (Å²) in [5.74, 6) is 0.536. The van der Waals surface area contributed by atoms with Crippen LogP contribution >= 0.6 is 0 Å². The van der Waals surface area contributed by atoms with Gasteiger partial charge in [-0.25, -0.2) is 9.79 Å². The highest BCUT2D eigenvalue weighted by atomic mass is 16.5. The quantitative estimate of drug-likeness (QED) is 0.441. The van der Waals surface area contributed by atoms with Crippen LogP contribution in [0.5, 0.6) is 11.5 Å². The molecule has 3 rings (SSSR count). The summed E-state index contributed by atoms with van der Waals surface area (Å²) in [5, 5.41) is 7.85. The zero-order valence-electron chi connectivity index (χ0n) is 18.7. The van der Waals surface area contributed by atoms with Gasteiger partial charge in [-0.15, -0.1) is 0 Å². The molecule has 0 radical (unpaired) electrons. The first kappa shape index (κ1) is 23.8. The SMILES string of the molecule is CCC(=O)NC(=Nc1ccc(Oc2ccccc2)cc1NC(=O)C1CCCC1)NC(=O)OC. The minimum Gasteiger partial charge on any atom is -0.457 e. The molecule has 0 spiro atoms. The van der Waals surface area contributed by atoms with Crippen molar-refractivity contribution in [1.82, 2.24) is 10.6 Å². The summed E-state index contributed by atoms with van der Waals surface area (Å²) in [6.45, 7) is 1.67. The molecule has 1 saturated carbocycles. The predicted molar refractivity (Wildman–Crippen MR) is 125 cm³/mol. The Labute approximate surface area is 192 Å². The molecule has 3 N–H and O–H groups in total. The third kappa shape index (κ3) is 7.06. The highest BCUT2D eigenvalue weighted by Gasteiger charge is 2.23. The number of aliphatic imine (C=N–C) groups is 1. The number of para-hydroxylation sites is 1. The Morgan fingerprint density at radius 1 is 1.00 bits per heavy atom. The standard InChI is InChI=1S/C24H28N4O5/c1-3-21(29)27-23(28-24(31)32-2)26-19-14-13-18(33-17-11-5-4-6-12-17)15-20(19)25-22(30)16-9-7-8-10-16/h4-6,11-16H,3,7-10H2,1-2H3,(H,25,30)(H2,26,27,28,29,31). The van der Waals surface area contributed by atoms with Gasteiger partial charge in [0, 0.05) is 18.4 Å². The zero-order valence-corrected chi connectivity index (χ0v) is 18.7. The van der Waals surface area contributed by atoms with Gasteiger partial charge in [0.2, 0.25) is 17.8 Å². The summed E-state index contributed by atoms with van der Waals surface area (Å²) >= 11 is 0. The predicted octanol–water partition coefficient (Wildman–Crippen LogP) is 4.48. The second kappa shape index (κ2) is 11.7. The van der Waals surface area contributed by atoms with Gasteiger partial charge in [-0.05, 0) is 37.1 Å². The molecule has 9 heteroatoms. The molecule has 0 aliphatic heterocycles. The fourth-order valence-corrected chi connectivity index (χ4v) is 3.40. The summed E-state index contributed by atoms with van der Waals surface area (Å²) in [5.41, 5.74) is 0.736. The van der Waals surface area contributed by atoms with Crippen LogP contribution in [0.4, 0.5) is 16.2 Å². The van der Waals surface area contributed by atoms with Gasteiger partial charge in [0.25, 0.3) is 0 Å². The Morgan fingerprint density at radius 3 is 2.39 bits per heavy atom. The van der Waals surface area contributed by atoms with E-state index in [0.29, 0.717) is 22.9 Å². The van der Waals surface area contributed by atoms with Crippen LogP contribution in [-0.2, 0) is 14.3 Å². The van der Waals surface area contributed by atoms with Crippen molar-refractivity contribution in [3.8, 4) is 11.5 Å². The van der Waals surface area contributed by atoms with Gasteiger partial charge >= 0.3 is 6.09 Å². The highest BCUT2D eigenvalue weighted by Crippen LogP contribution is 2.34. The molecule has 2 aromatic carbocycles. The maximum atomic E-state index is 12.8. The van der Waals surface area contributed by atoms with E-state index in [1.54, 1.807) is 25.1 Å². The van der Waals surface area contributed by atoms with Crippen molar-refractivity contribution in [1.29, 1.82) is 0 Å². The summed E-state index contributed by atoms with van der Waals surface area (Å²) < 4.78 is 10.5. The van der Waals surface area contributed by atoms with E-state index < -0.39 is 6.09 Å². The fraction of sp³-hybridized carbons (Fsp3) is 0.333. The molecule has 2 aromatic rings. The second-order valence-corrected chi connectivity index (χ2v) is 7.54. The van der Waals surface area contributed by atoms with E-state index in [9.17, 15) is 14.4 Å². The topological polar surface area (TPSA) is 118 Å². The molecule has 0 bridgehead atoms. The zero-order chi connectivity index (χ0) is 23.6. The Kier molecular flexibility index (Phi) is 8.40. The van der Waals surface area contributed by atoms with E-state index in [-0.39, 0.29) is 30.1 Å². The van der Waals surface area contributed by atoms with Gasteiger partial charge < -0.3 is 14.8 Å². The monoisotopic (exact) mass is 452 g/mol. The molecular weight excluding hydrogens is 424 g/mol. The molecule has 0 heterocycles. The summed E-state index contributed by atoms with van der Waals surface area (Å²) in [6.07, 6.45) is 3.13. The van der Waals surface area contributed by atoms with Crippen LogP contribution in [-0.4, -0.2) is 31.0 Å². The lowest BCUT2D eigenvalue weighted by atomic mass is 10.1. The number of alkyl carbamates (subject to hydrolysis) is 1. The number of anilines is 1. The van der Waals surface area contributed by atoms with Gasteiger partial charge in [0.15, 0.2) is 0 Å². The molecule has 3 amide bonds. The van der Waals surface area contributed by atoms with Crippen LogP contribution in [0.3, 0.4) is 0 Å². The summed E-state index contributed by atoms with van der Waals surface area (Å²) in [7, 11) is 1.21. The summed E-state index contributed by atoms with van der Waals surface area (Å²) in [4.78, 5) is 40.8. The molecule has 0 aromatic heterocycles. The molecular formula is C24H28N4O5. The van der Waals surface area contributed by atoms with Gasteiger partial charge in [-0.1, -0.05) is 38.0 Å². The fourth-order valence-electron chi connectivity index (χ4n) is 3.40. The van der Waals surface area contributed by atoms with E-state index in [4.69, 9.17) is 4.74 Å². The van der Waals surface area contributed by atoms with Gasteiger partial charge in [-0.2, -0.15) is 0 Å². The molecule has 1 aliphatic carbocycles. The number of nitrogens with one attached hydrogen (secondary N) is 3. The number of ether oxygens (including phenoxy) is 2. The van der Waals surface area contributed by atoms with Crippen molar-refractivity contribution in [3.63, 3.8) is 0 Å². The van der Waals surface area contributed by atoms with Crippen molar-refractivity contribution in [3.05, 3.63) is 48.5 Å². The largest absolute Gasteiger partial charge is 0.457 e. The molecule has 174 valence electrons. The minimum absolute atomic E-state index is 0.0620. The number of hydrogen-bond acceptors (Lipinski definition) is 6. The average Bonchev–Trinajstić information content (AvgIpc) is 3.36. The van der Waals surface area contributed by atoms with E-state index in [1.165, 1.54) is 7.11 Å². The lowest BCUT2D eigenvalue weighted by molar-refractivity contribution is -0.120. The molecule has 9 nitrogen and oxygen atoms in total. The van der Waals surface area contributed by atoms with Crippen molar-refractivity contribution < 1.29 is 23.9 Å². The maximum Gasteiger partial charge on any atom is 0.413 e. The number of amides is 3. The first-order chi connectivity index (χ1) is 16.0. The highest BCUT2D eigenvalue weighted by molar-refractivity contribution is 6.05. The number of methoxy groups -OCH3 is 1. The van der Waals surface area contributed by atoms with Crippen molar-refractivity contribution in [2.75, 3.05) is 12.4 Å². The van der Waals surface area contributed by atoms with Crippen LogP contribution in [0.2, 0.25) is 0 Å². The average molecular weight is 453 g/mol. The Morgan fingerprint density at radius 2 is 1.73 bits per heavy atom. The molecule has 0 saturated heterocycles. The van der Waals surface area contributed by atoms with Crippen molar-refractivity contribution >= 4 is 35.2 Å². The molecule has 0 unspecified atom stereocenters. The molecule has 33 heavy (non-hydrogen) atoms. The Hall–Kier alpha value is -3.88. The lowest BCUT2D eigenvalue weighted by Gasteiger charge is -2.15. The van der Waals surface area contributed by atoms with E-state index in [0.717, 1.165) is 25.7 Å². The molecule has 1 fully saturated rings. The third-order valence-corrected chi connectivity index (χ3v) is 5.15. The van der Waals surface area contributed by atoms with Crippen LogP contribution in [0.15, 0.2) is 53.5 Å². The number of guanidine groups is 1. The number of carbonyl (C=O) groups excluding carboxylic acids is 3. The molecule has 0 atom stereocenters. The first-order valence-electron chi connectivity index (χ1n) is 10.9. The van der Waals surface area contributed by atoms with Crippen LogP contribution in [0.1, 0.15) is 39.0 Å². The maximum absolute atomic E-state index is 12.8. The summed E-state index contributed by atoms with van der Waals surface area (Å²) in [6, 6.07) is 14.2. The normalized spacial score (nSPS) is 13.8. The van der Waals surface area contributed by atoms with E-state index in [1.807, 2.05) is 30.3 Å². The van der Waals surface area contributed by atoms with Gasteiger partial charge in [0.1, 0.15) is 11.5 Å². The first-order valence-corrected chi connectivity index (χ1v) is 10.9. The van der Waals surface area contributed by atoms with Crippen LogP contribution in [0, 0.1) is 5.92 Å². The number of hydrogen-bond donors (Lipinski definition) is 3. The van der Waals surface area contributed by atoms with E-state index >= 15 is 0 Å². The third-order valence-electron chi connectivity index (χ3n) is 5.15. The smallest absolute Gasteiger partial charge is 0.413 e. The Balaban J connectivity index is 1.93. The van der Waals surface area contributed by atoms with Crippen molar-refractivity contribution in [2.24, 2.45) is 10.9 Å². The Bertz CT molecular complexity index is 997. The van der Waals surface area contributed by atoms with Crippen LogP contribution in [0.25, 0.3) is 0 Å². The second-order valence-electron chi connectivity index (χ2n) is 7.54. The van der Waals surface area contributed by atoms with Gasteiger partial charge in [0.05, 0.1) is 18.5 Å². The van der Waals surface area contributed by atoms with Crippen LogP contribution < -0.4 is 20.7 Å². The number of nitrogens with zero attached hydrogens (tertiary/aromatic N) is 1. The minimum atomic E-state index is -0.786. The molecule has 1 aliphatic rings. The van der Waals surface area contributed by atoms with Crippen molar-refractivity contribution in [2.45, 2.75) is 39.0 Å². The number of benzene rings is 2. The van der Waals surface area contributed by atoms with Gasteiger partial charge in [-0.3, -0.25) is 20.2 Å². The number of rotatable bonds is 6. The van der Waals surface area contributed by atoms with E-state index in [2.05, 4.69) is 25.7 Å². The lowest BCUT2D eigenvalue weighted by Crippen LogP contribution is -2.43. The number of carbonyl (C=O) groups is 3.